The Labute approximate surface area is 159 Å². The molecule has 8 heteroatoms. The van der Waals surface area contributed by atoms with E-state index in [0.29, 0.717) is 21.5 Å². The minimum atomic E-state index is -0.524. The number of rotatable bonds is 6. The number of hydrogen-bond acceptors (Lipinski definition) is 5. The van der Waals surface area contributed by atoms with Crippen LogP contribution in [0.25, 0.3) is 5.69 Å². The van der Waals surface area contributed by atoms with Crippen LogP contribution in [0.4, 0.5) is 5.69 Å². The van der Waals surface area contributed by atoms with Crippen LogP contribution >= 0.6 is 23.4 Å². The highest BCUT2D eigenvalue weighted by Crippen LogP contribution is 2.24. The number of carbonyl (C=O) groups is 1. The van der Waals surface area contributed by atoms with Gasteiger partial charge in [-0.05, 0) is 29.3 Å². The van der Waals surface area contributed by atoms with E-state index in [0.717, 1.165) is 11.3 Å². The van der Waals surface area contributed by atoms with E-state index in [2.05, 4.69) is 10.6 Å². The molecule has 0 spiro atoms. The zero-order valence-electron chi connectivity index (χ0n) is 13.9. The maximum atomic E-state index is 12.1. The van der Waals surface area contributed by atoms with E-state index >= 15 is 0 Å². The Morgan fingerprint density at radius 3 is 2.81 bits per heavy atom. The first-order chi connectivity index (χ1) is 12.5. The number of aryl methyl sites for hydroxylation is 1. The molecule has 0 radical (unpaired) electrons. The Morgan fingerprint density at radius 1 is 1.31 bits per heavy atom. The second kappa shape index (κ2) is 8.25. The molecule has 26 heavy (non-hydrogen) atoms. The molecule has 1 heterocycles. The number of hydrogen-bond donors (Lipinski definition) is 1. The summed E-state index contributed by atoms with van der Waals surface area (Å²) in [5.41, 5.74) is 2.31. The summed E-state index contributed by atoms with van der Waals surface area (Å²) in [7, 11) is 0. The molecule has 2 aromatic carbocycles. The lowest BCUT2D eigenvalue weighted by molar-refractivity contribution is -0.705. The third kappa shape index (κ3) is 4.36. The zero-order valence-corrected chi connectivity index (χ0v) is 15.5. The summed E-state index contributed by atoms with van der Waals surface area (Å²) in [6.07, 6.45) is 0.232. The topological polar surface area (TPSA) is 82.1 Å². The van der Waals surface area contributed by atoms with Gasteiger partial charge in [0.25, 0.3) is 5.03 Å². The van der Waals surface area contributed by atoms with Gasteiger partial charge in [0.2, 0.25) is 11.6 Å². The molecule has 0 unspecified atom stereocenters. The van der Waals surface area contributed by atoms with Crippen LogP contribution in [-0.4, -0.2) is 16.9 Å². The predicted octanol–water partition coefficient (Wildman–Crippen LogP) is 3.11. The number of amides is 1. The fourth-order valence-corrected chi connectivity index (χ4v) is 3.31. The summed E-state index contributed by atoms with van der Waals surface area (Å²) in [4.78, 5) is 12.1. The molecule has 0 aliphatic carbocycles. The highest BCUT2D eigenvalue weighted by Gasteiger charge is 2.21. The molecule has 1 amide bonds. The summed E-state index contributed by atoms with van der Waals surface area (Å²) >= 11 is 7.28. The predicted molar refractivity (Wildman–Crippen MR) is 97.6 cm³/mol. The Balaban J connectivity index is 1.59. The fourth-order valence-electron chi connectivity index (χ4n) is 2.23. The number of benzene rings is 2. The number of anilines is 1. The summed E-state index contributed by atoms with van der Waals surface area (Å²) in [6, 6.07) is 14.5. The largest absolute Gasteiger partial charge is 0.538 e. The third-order valence-corrected chi connectivity index (χ3v) is 5.03. The van der Waals surface area contributed by atoms with Crippen LogP contribution < -0.4 is 15.1 Å². The molecule has 0 saturated carbocycles. The molecular formula is C18H16ClN3O3S. The summed E-state index contributed by atoms with van der Waals surface area (Å²) in [5, 5.41) is 19.4. The molecule has 0 aliphatic rings. The van der Waals surface area contributed by atoms with Crippen LogP contribution in [0, 0.1) is 6.92 Å². The molecule has 1 aromatic heterocycles. The zero-order chi connectivity index (χ0) is 18.5. The van der Waals surface area contributed by atoms with Gasteiger partial charge in [0.1, 0.15) is 0 Å². The number of nitrogens with one attached hydrogen (secondary N) is 1. The molecule has 0 saturated heterocycles. The first kappa shape index (κ1) is 18.3. The van der Waals surface area contributed by atoms with Crippen molar-refractivity contribution in [3.63, 3.8) is 0 Å². The molecule has 1 N–H and O–H groups in total. The Hall–Kier alpha value is -2.51. The number of halogens is 1. The Bertz CT molecular complexity index is 915. The van der Waals surface area contributed by atoms with Gasteiger partial charge in [-0.2, -0.15) is 0 Å². The van der Waals surface area contributed by atoms with Gasteiger partial charge in [-0.3, -0.25) is 4.79 Å². The van der Waals surface area contributed by atoms with E-state index in [4.69, 9.17) is 16.1 Å². The van der Waals surface area contributed by atoms with Gasteiger partial charge in [0, 0.05) is 35.0 Å². The van der Waals surface area contributed by atoms with Crippen molar-refractivity contribution in [3.8, 4) is 11.6 Å². The van der Waals surface area contributed by atoms with E-state index < -0.39 is 5.95 Å². The quantitative estimate of drug-likeness (QED) is 0.517. The smallest absolute Gasteiger partial charge is 0.297 e. The lowest BCUT2D eigenvalue weighted by Gasteiger charge is -2.06. The summed E-state index contributed by atoms with van der Waals surface area (Å²) < 4.78 is 6.18. The molecule has 3 aromatic rings. The van der Waals surface area contributed by atoms with Gasteiger partial charge < -0.3 is 14.9 Å². The molecule has 0 aliphatic heterocycles. The minimum absolute atomic E-state index is 0.160. The SMILES string of the molecule is Cc1ccc(NC(=O)CCSc2c([O-])on[n+]2-c2ccccc2)cc1Cl. The van der Waals surface area contributed by atoms with Crippen LogP contribution in [0.5, 0.6) is 5.95 Å². The van der Waals surface area contributed by atoms with Crippen molar-refractivity contribution in [2.45, 2.75) is 18.4 Å². The number of thioether (sulfide) groups is 1. The van der Waals surface area contributed by atoms with Crippen molar-refractivity contribution < 1.29 is 19.1 Å². The van der Waals surface area contributed by atoms with Gasteiger partial charge in [-0.15, -0.1) is 0 Å². The summed E-state index contributed by atoms with van der Waals surface area (Å²) in [6.45, 7) is 1.89. The van der Waals surface area contributed by atoms with Crippen molar-refractivity contribution in [1.29, 1.82) is 0 Å². The Kier molecular flexibility index (Phi) is 5.80. The average Bonchev–Trinajstić information content (AvgIpc) is 3.00. The second-order valence-corrected chi connectivity index (χ2v) is 7.01. The van der Waals surface area contributed by atoms with Gasteiger partial charge >= 0.3 is 0 Å². The lowest BCUT2D eigenvalue weighted by atomic mass is 10.2. The van der Waals surface area contributed by atoms with Crippen LogP contribution in [0.15, 0.2) is 58.1 Å². The average molecular weight is 390 g/mol. The summed E-state index contributed by atoms with van der Waals surface area (Å²) in [5.74, 6) is -0.272. The number of nitrogens with zero attached hydrogens (tertiary/aromatic N) is 2. The van der Waals surface area contributed by atoms with Gasteiger partial charge in [0.05, 0.1) is 5.27 Å². The first-order valence-electron chi connectivity index (χ1n) is 7.88. The number of aromatic nitrogens is 2. The van der Waals surface area contributed by atoms with E-state index in [9.17, 15) is 9.90 Å². The van der Waals surface area contributed by atoms with E-state index in [1.807, 2.05) is 43.3 Å². The maximum Gasteiger partial charge on any atom is 0.297 e. The van der Waals surface area contributed by atoms with Gasteiger partial charge in [-0.25, -0.2) is 0 Å². The minimum Gasteiger partial charge on any atom is -0.538 e. The molecule has 0 atom stereocenters. The van der Waals surface area contributed by atoms with E-state index in [1.54, 1.807) is 12.1 Å². The lowest BCUT2D eigenvalue weighted by Crippen LogP contribution is -2.34. The molecule has 0 fully saturated rings. The van der Waals surface area contributed by atoms with E-state index in [-0.39, 0.29) is 12.3 Å². The monoisotopic (exact) mass is 389 g/mol. The molecule has 0 bridgehead atoms. The molecule has 6 nitrogen and oxygen atoms in total. The number of para-hydroxylation sites is 1. The standard InChI is InChI=1S/C18H16ClN3O3S/c1-12-7-8-13(11-15(12)19)20-16(23)9-10-26-17-18(24)25-21-22(17)14-5-3-2-4-6-14/h2-8,11H,9-10H2,1H3,(H-,20,21,23,24). The van der Waals surface area contributed by atoms with Crippen molar-refractivity contribution in [2.75, 3.05) is 11.1 Å². The van der Waals surface area contributed by atoms with E-state index in [1.165, 1.54) is 16.4 Å². The van der Waals surface area contributed by atoms with Gasteiger partial charge in [0.15, 0.2) is 5.95 Å². The van der Waals surface area contributed by atoms with Crippen molar-refractivity contribution in [1.82, 2.24) is 5.27 Å². The van der Waals surface area contributed by atoms with Crippen LogP contribution in [0.3, 0.4) is 0 Å². The van der Waals surface area contributed by atoms with Crippen molar-refractivity contribution in [3.05, 3.63) is 59.1 Å². The highest BCUT2D eigenvalue weighted by molar-refractivity contribution is 7.99. The molecule has 3 rings (SSSR count). The normalized spacial score (nSPS) is 10.7. The van der Waals surface area contributed by atoms with Crippen molar-refractivity contribution >= 4 is 35.0 Å². The maximum absolute atomic E-state index is 12.1. The van der Waals surface area contributed by atoms with Crippen LogP contribution in [0.1, 0.15) is 12.0 Å². The van der Waals surface area contributed by atoms with Crippen LogP contribution in [-0.2, 0) is 4.79 Å². The fraction of sp³-hybridized carbons (Fsp3) is 0.167. The van der Waals surface area contributed by atoms with Gasteiger partial charge in [-0.1, -0.05) is 47.6 Å². The second-order valence-electron chi connectivity index (χ2n) is 5.52. The van der Waals surface area contributed by atoms with Crippen molar-refractivity contribution in [2.24, 2.45) is 0 Å². The van der Waals surface area contributed by atoms with Crippen LogP contribution in [0.2, 0.25) is 5.02 Å². The molecule has 134 valence electrons. The highest BCUT2D eigenvalue weighted by atomic mass is 35.5. The number of carbonyl (C=O) groups excluding carboxylic acids is 1. The first-order valence-corrected chi connectivity index (χ1v) is 9.24. The third-order valence-electron chi connectivity index (χ3n) is 3.60. The Morgan fingerprint density at radius 2 is 2.08 bits per heavy atom. The molecular weight excluding hydrogens is 374 g/mol.